The SMILES string of the molecule is CC1CC2CC(C1)N2C=O.CNc1ccc(Cl)c([C@@H]2CCC2C(F)F)c1. The van der Waals surface area contributed by atoms with Crippen molar-refractivity contribution in [2.24, 2.45) is 11.8 Å². The van der Waals surface area contributed by atoms with E-state index >= 15 is 0 Å². The van der Waals surface area contributed by atoms with Crippen LogP contribution < -0.4 is 5.32 Å². The molecule has 2 aliphatic carbocycles. The van der Waals surface area contributed by atoms with Crippen molar-refractivity contribution >= 4 is 23.7 Å². The molecule has 2 heterocycles. The highest BCUT2D eigenvalue weighted by Crippen LogP contribution is 2.48. The molecule has 1 aromatic rings. The Balaban J connectivity index is 0.000000167. The number of rotatable bonds is 4. The predicted octanol–water partition coefficient (Wildman–Crippen LogP) is 5.16. The molecule has 1 aromatic carbocycles. The number of nitrogens with zero attached hydrogens (tertiary/aromatic N) is 1. The smallest absolute Gasteiger partial charge is 0.242 e. The van der Waals surface area contributed by atoms with Crippen LogP contribution in [0.5, 0.6) is 0 Å². The molecule has 4 aliphatic rings. The minimum absolute atomic E-state index is 0.0826. The van der Waals surface area contributed by atoms with E-state index in [1.807, 2.05) is 17.0 Å². The van der Waals surface area contributed by atoms with Crippen LogP contribution in [0.2, 0.25) is 5.02 Å². The number of benzene rings is 1. The second-order valence-electron chi connectivity index (χ2n) is 7.84. The summed E-state index contributed by atoms with van der Waals surface area (Å²) in [4.78, 5) is 12.4. The van der Waals surface area contributed by atoms with E-state index in [0.29, 0.717) is 23.5 Å². The van der Waals surface area contributed by atoms with Crippen molar-refractivity contribution in [3.8, 4) is 0 Å². The molecule has 2 saturated carbocycles. The summed E-state index contributed by atoms with van der Waals surface area (Å²) >= 11 is 6.06. The summed E-state index contributed by atoms with van der Waals surface area (Å²) in [6, 6.07) is 6.70. The van der Waals surface area contributed by atoms with Crippen LogP contribution in [-0.2, 0) is 4.79 Å². The Morgan fingerprint density at radius 3 is 2.42 bits per heavy atom. The summed E-state index contributed by atoms with van der Waals surface area (Å²) < 4.78 is 25.3. The van der Waals surface area contributed by atoms with Crippen molar-refractivity contribution in [2.45, 2.75) is 63.5 Å². The average molecular weight is 385 g/mol. The lowest BCUT2D eigenvalue weighted by atomic mass is 9.70. The van der Waals surface area contributed by atoms with Crippen LogP contribution in [0.1, 0.15) is 50.5 Å². The lowest BCUT2D eigenvalue weighted by Crippen LogP contribution is -2.59. The van der Waals surface area contributed by atoms with Crippen molar-refractivity contribution < 1.29 is 13.6 Å². The number of anilines is 1. The second kappa shape index (κ2) is 8.12. The Morgan fingerprint density at radius 1 is 1.23 bits per heavy atom. The average Bonchev–Trinajstić information content (AvgIpc) is 2.56. The zero-order valence-corrected chi connectivity index (χ0v) is 16.1. The monoisotopic (exact) mass is 384 g/mol. The predicted molar refractivity (Wildman–Crippen MR) is 101 cm³/mol. The van der Waals surface area contributed by atoms with Crippen LogP contribution >= 0.6 is 11.6 Å². The van der Waals surface area contributed by atoms with Crippen molar-refractivity contribution in [1.82, 2.24) is 4.90 Å². The normalized spacial score (nSPS) is 32.1. The standard InChI is InChI=1S/C12H14ClF2N.C8H13NO/c1-16-7-2-5-11(13)10(6-7)8-3-4-9(8)12(14)15;1-6-2-7-4-8(3-6)9(7)5-10/h2,5-6,8-9,12,16H,3-4H2,1H3;5-8H,2-4H2,1H3/t8-,9?;/m1./s1. The first-order chi connectivity index (χ1) is 12.4. The molecule has 0 radical (unpaired) electrons. The summed E-state index contributed by atoms with van der Waals surface area (Å²) in [7, 11) is 1.80. The van der Waals surface area contributed by atoms with Gasteiger partial charge in [0.15, 0.2) is 0 Å². The zero-order valence-electron chi connectivity index (χ0n) is 15.3. The molecule has 2 aliphatic heterocycles. The van der Waals surface area contributed by atoms with Crippen molar-refractivity contribution in [1.29, 1.82) is 0 Å². The minimum Gasteiger partial charge on any atom is -0.388 e. The van der Waals surface area contributed by atoms with Crippen LogP contribution in [0.4, 0.5) is 14.5 Å². The van der Waals surface area contributed by atoms with Gasteiger partial charge in [0, 0.05) is 35.8 Å². The van der Waals surface area contributed by atoms with Gasteiger partial charge in [-0.25, -0.2) is 8.78 Å². The molecule has 0 spiro atoms. The molecule has 144 valence electrons. The third kappa shape index (κ3) is 3.83. The molecule has 4 fully saturated rings. The first-order valence-electron chi connectivity index (χ1n) is 9.42. The molecule has 6 heteroatoms. The lowest BCUT2D eigenvalue weighted by Gasteiger charge is -2.53. The number of carbonyl (C=O) groups excluding carboxylic acids is 1. The Hall–Kier alpha value is -1.36. The summed E-state index contributed by atoms with van der Waals surface area (Å²) in [5.74, 6) is 0.241. The van der Waals surface area contributed by atoms with Crippen molar-refractivity contribution in [2.75, 3.05) is 12.4 Å². The third-order valence-corrected chi connectivity index (χ3v) is 6.54. The fraction of sp³-hybridized carbons (Fsp3) is 0.650. The number of hydrogen-bond acceptors (Lipinski definition) is 2. The van der Waals surface area contributed by atoms with Crippen LogP contribution in [0.3, 0.4) is 0 Å². The molecule has 1 amide bonds. The topological polar surface area (TPSA) is 32.3 Å². The number of nitrogens with one attached hydrogen (secondary N) is 1. The maximum absolute atomic E-state index is 12.7. The van der Waals surface area contributed by atoms with E-state index in [9.17, 15) is 13.6 Å². The van der Waals surface area contributed by atoms with Gasteiger partial charge in [0.1, 0.15) is 0 Å². The number of hydrogen-bond donors (Lipinski definition) is 1. The number of carbonyl (C=O) groups is 1. The van der Waals surface area contributed by atoms with Gasteiger partial charge in [-0.1, -0.05) is 18.5 Å². The van der Waals surface area contributed by atoms with Crippen LogP contribution in [0.15, 0.2) is 18.2 Å². The second-order valence-corrected chi connectivity index (χ2v) is 8.25. The fourth-order valence-electron chi connectivity index (χ4n) is 4.55. The van der Waals surface area contributed by atoms with Gasteiger partial charge in [0.25, 0.3) is 0 Å². The highest BCUT2D eigenvalue weighted by molar-refractivity contribution is 6.31. The molecule has 3 unspecified atom stereocenters. The molecule has 5 rings (SSSR count). The van der Waals surface area contributed by atoms with Crippen LogP contribution in [0, 0.1) is 11.8 Å². The van der Waals surface area contributed by atoms with Gasteiger partial charge in [-0.15, -0.1) is 0 Å². The quantitative estimate of drug-likeness (QED) is 0.727. The maximum Gasteiger partial charge on any atom is 0.242 e. The van der Waals surface area contributed by atoms with E-state index in [0.717, 1.165) is 30.0 Å². The minimum atomic E-state index is -2.24. The molecule has 26 heavy (non-hydrogen) atoms. The fourth-order valence-corrected chi connectivity index (χ4v) is 4.81. The number of piperidine rings is 1. The number of amides is 1. The Morgan fingerprint density at radius 2 is 1.92 bits per heavy atom. The maximum atomic E-state index is 12.7. The molecular weight excluding hydrogens is 358 g/mol. The highest BCUT2D eigenvalue weighted by Gasteiger charge is 2.43. The number of halogens is 3. The van der Waals surface area contributed by atoms with Gasteiger partial charge in [0.05, 0.1) is 0 Å². The van der Waals surface area contributed by atoms with E-state index in [1.54, 1.807) is 13.1 Å². The van der Waals surface area contributed by atoms with Crippen LogP contribution in [0.25, 0.3) is 0 Å². The first-order valence-corrected chi connectivity index (χ1v) is 9.80. The molecule has 0 aromatic heterocycles. The van der Waals surface area contributed by atoms with Gasteiger partial charge in [0.2, 0.25) is 12.8 Å². The number of alkyl halides is 2. The molecule has 4 atom stereocenters. The van der Waals surface area contributed by atoms with E-state index in [4.69, 9.17) is 11.6 Å². The van der Waals surface area contributed by atoms with E-state index < -0.39 is 12.3 Å². The summed E-state index contributed by atoms with van der Waals surface area (Å²) in [5.41, 5.74) is 1.77. The lowest BCUT2D eigenvalue weighted by molar-refractivity contribution is -0.136. The Labute approximate surface area is 159 Å². The molecule has 3 nitrogen and oxygen atoms in total. The molecule has 1 N–H and O–H groups in total. The molecule has 2 bridgehead atoms. The van der Waals surface area contributed by atoms with E-state index in [1.165, 1.54) is 19.3 Å². The van der Waals surface area contributed by atoms with Gasteiger partial charge in [-0.05, 0) is 67.7 Å². The van der Waals surface area contributed by atoms with Crippen molar-refractivity contribution in [3.63, 3.8) is 0 Å². The summed E-state index contributed by atoms with van der Waals surface area (Å²) in [5, 5.41) is 3.59. The van der Waals surface area contributed by atoms with Crippen LogP contribution in [-0.4, -0.2) is 36.9 Å². The first kappa shape index (κ1) is 19.4. The Bertz CT molecular complexity index is 630. The van der Waals surface area contributed by atoms with Crippen molar-refractivity contribution in [3.05, 3.63) is 28.8 Å². The number of fused-ring (bicyclic) bond motifs is 2. The summed E-state index contributed by atoms with van der Waals surface area (Å²) in [6.45, 7) is 2.28. The van der Waals surface area contributed by atoms with Gasteiger partial charge < -0.3 is 10.2 Å². The highest BCUT2D eigenvalue weighted by atomic mass is 35.5. The van der Waals surface area contributed by atoms with Gasteiger partial charge in [-0.3, -0.25) is 4.79 Å². The van der Waals surface area contributed by atoms with E-state index in [2.05, 4.69) is 12.2 Å². The molecule has 2 saturated heterocycles. The molecular formula is C20H27ClF2N2O. The van der Waals surface area contributed by atoms with Gasteiger partial charge >= 0.3 is 0 Å². The zero-order chi connectivity index (χ0) is 18.8. The Kier molecular flexibility index (Phi) is 6.06. The third-order valence-electron chi connectivity index (χ3n) is 6.19. The van der Waals surface area contributed by atoms with E-state index in [-0.39, 0.29) is 5.92 Å². The van der Waals surface area contributed by atoms with Gasteiger partial charge in [-0.2, -0.15) is 0 Å². The summed E-state index contributed by atoms with van der Waals surface area (Å²) in [6.07, 6.45) is 3.91. The largest absolute Gasteiger partial charge is 0.388 e.